The second kappa shape index (κ2) is 11.8. The molecule has 0 unspecified atom stereocenters. The van der Waals surface area contributed by atoms with Crippen LogP contribution in [0.3, 0.4) is 0 Å². The van der Waals surface area contributed by atoms with Gasteiger partial charge in [-0.25, -0.2) is 4.89 Å². The van der Waals surface area contributed by atoms with Gasteiger partial charge in [-0.2, -0.15) is 21.6 Å². The van der Waals surface area contributed by atoms with E-state index in [0.29, 0.717) is 7.11 Å². The summed E-state index contributed by atoms with van der Waals surface area (Å²) in [6, 6.07) is 17.9. The molecule has 0 radical (unpaired) electrons. The van der Waals surface area contributed by atoms with Crippen LogP contribution in [0.2, 0.25) is 0 Å². The average Bonchev–Trinajstić information content (AvgIpc) is 2.68. The van der Waals surface area contributed by atoms with Crippen LogP contribution in [-0.2, 0) is 30.2 Å². The molecule has 5 nitrogen and oxygen atoms in total. The molecular formula is C23H34F3O5S+. The fraction of sp³-hybridized carbons (Fsp3) is 0.478. The molecule has 2 rings (SSSR count). The molecule has 0 aromatic heterocycles. The van der Waals surface area contributed by atoms with Gasteiger partial charge in [-0.05, 0) is 33.1 Å². The number of halogens is 3. The summed E-state index contributed by atoms with van der Waals surface area (Å²) in [7, 11) is -3.66. The molecular weight excluding hydrogens is 445 g/mol. The molecule has 0 fully saturated rings. The maximum atomic E-state index is 11.2. The van der Waals surface area contributed by atoms with Crippen LogP contribution in [0.15, 0.2) is 48.5 Å². The van der Waals surface area contributed by atoms with Crippen molar-refractivity contribution in [3.63, 3.8) is 0 Å². The molecule has 0 bridgehead atoms. The van der Waals surface area contributed by atoms with Gasteiger partial charge in [-0.1, -0.05) is 90.1 Å². The molecule has 0 saturated carbocycles. The summed E-state index contributed by atoms with van der Waals surface area (Å²) in [6.07, 6.45) is 0. The Morgan fingerprint density at radius 1 is 0.688 bits per heavy atom. The normalized spacial score (nSPS) is 12.2. The van der Waals surface area contributed by atoms with Gasteiger partial charge in [0.15, 0.2) is 0 Å². The van der Waals surface area contributed by atoms with Crippen molar-refractivity contribution in [3.05, 3.63) is 59.7 Å². The van der Waals surface area contributed by atoms with Crippen LogP contribution < -0.4 is 0 Å². The molecule has 32 heavy (non-hydrogen) atoms. The first-order chi connectivity index (χ1) is 14.5. The Morgan fingerprint density at radius 3 is 1.12 bits per heavy atom. The minimum absolute atomic E-state index is 0.217. The number of hydrogen-bond acceptors (Lipinski definition) is 4. The van der Waals surface area contributed by atoms with Gasteiger partial charge >= 0.3 is 15.6 Å². The molecule has 182 valence electrons. The van der Waals surface area contributed by atoms with E-state index in [0.717, 1.165) is 0 Å². The number of hydrogen-bond donors (Lipinski definition) is 0. The molecule has 0 aliphatic rings. The molecule has 0 heterocycles. The van der Waals surface area contributed by atoms with E-state index in [2.05, 4.69) is 99.3 Å². The Kier molecular flexibility index (Phi) is 11.1. The SMILES string of the molecule is CC(C)(C)c1ccc(-c2ccc(C(C)(C)C)cc2)cc1.COOS(=O)(=O)C(F)(F)F.C[OH2+]. The number of benzene rings is 2. The maximum absolute atomic E-state index is 11.2. The summed E-state index contributed by atoms with van der Waals surface area (Å²) in [5.41, 5.74) is 0.351. The quantitative estimate of drug-likeness (QED) is 0.245. The van der Waals surface area contributed by atoms with Gasteiger partial charge in [0.25, 0.3) is 0 Å². The lowest BCUT2D eigenvalue weighted by molar-refractivity contribution is -0.189. The molecule has 0 aliphatic carbocycles. The van der Waals surface area contributed by atoms with Crippen molar-refractivity contribution in [2.24, 2.45) is 0 Å². The van der Waals surface area contributed by atoms with Gasteiger partial charge in [0, 0.05) is 0 Å². The van der Waals surface area contributed by atoms with E-state index < -0.39 is 15.6 Å². The first-order valence-corrected chi connectivity index (χ1v) is 11.1. The Bertz CT molecular complexity index is 851. The highest BCUT2D eigenvalue weighted by molar-refractivity contribution is 7.87. The molecule has 0 spiro atoms. The van der Waals surface area contributed by atoms with Crippen molar-refractivity contribution in [2.45, 2.75) is 57.9 Å². The molecule has 2 aromatic rings. The number of alkyl halides is 3. The Hall–Kier alpha value is -1.94. The van der Waals surface area contributed by atoms with Crippen LogP contribution in [0.25, 0.3) is 11.1 Å². The Labute approximate surface area is 189 Å². The summed E-state index contributed by atoms with van der Waals surface area (Å²) < 4.78 is 56.2. The van der Waals surface area contributed by atoms with Crippen molar-refractivity contribution in [1.29, 1.82) is 0 Å². The highest BCUT2D eigenvalue weighted by atomic mass is 32.2. The minimum Gasteiger partial charge on any atom is -0.448 e. The third-order valence-electron chi connectivity index (χ3n) is 4.28. The second-order valence-electron chi connectivity index (χ2n) is 8.79. The van der Waals surface area contributed by atoms with E-state index >= 15 is 0 Å². The minimum atomic E-state index is -5.57. The van der Waals surface area contributed by atoms with Gasteiger partial charge in [-0.3, -0.25) is 0 Å². The molecule has 2 N–H and O–H groups in total. The van der Waals surface area contributed by atoms with Crippen molar-refractivity contribution in [2.75, 3.05) is 14.2 Å². The zero-order chi connectivity index (χ0) is 25.4. The van der Waals surface area contributed by atoms with E-state index in [1.807, 2.05) is 0 Å². The standard InChI is InChI=1S/C20H26.C2H3F3O4S.CH4O/c1-19(2,3)17-11-7-15(8-12-17)16-9-13-18(14-10-16)20(4,5)6;1-8-9-10(6,7)2(3,4)5;1-2/h7-14H,1-6H3;1H3;2H,1H3/p+1. The third-order valence-corrected chi connectivity index (χ3v) is 5.16. The van der Waals surface area contributed by atoms with Crippen molar-refractivity contribution in [3.8, 4) is 11.1 Å². The molecule has 0 amide bonds. The second-order valence-corrected chi connectivity index (χ2v) is 10.3. The largest absolute Gasteiger partial charge is 0.525 e. The van der Waals surface area contributed by atoms with Crippen LogP contribution in [0, 0.1) is 0 Å². The zero-order valence-corrected chi connectivity index (χ0v) is 20.6. The molecule has 0 atom stereocenters. The van der Waals surface area contributed by atoms with Crippen molar-refractivity contribution >= 4 is 10.1 Å². The van der Waals surface area contributed by atoms with E-state index in [1.54, 1.807) is 0 Å². The first-order valence-electron chi connectivity index (χ1n) is 9.74. The summed E-state index contributed by atoms with van der Waals surface area (Å²) >= 11 is 0. The van der Waals surface area contributed by atoms with Crippen molar-refractivity contribution < 1.29 is 35.9 Å². The van der Waals surface area contributed by atoms with E-state index in [1.165, 1.54) is 29.4 Å². The van der Waals surface area contributed by atoms with E-state index in [9.17, 15) is 21.6 Å². The molecule has 2 aromatic carbocycles. The summed E-state index contributed by atoms with van der Waals surface area (Å²) in [5.74, 6) is 0. The fourth-order valence-electron chi connectivity index (χ4n) is 2.45. The van der Waals surface area contributed by atoms with E-state index in [-0.39, 0.29) is 10.8 Å². The van der Waals surface area contributed by atoms with Crippen LogP contribution in [0.4, 0.5) is 13.2 Å². The Balaban J connectivity index is 0.000000680. The fourth-order valence-corrected chi connectivity index (χ4v) is 2.71. The van der Waals surface area contributed by atoms with Gasteiger partial charge in [0.1, 0.15) is 7.11 Å². The third kappa shape index (κ3) is 9.28. The smallest absolute Gasteiger partial charge is 0.448 e. The Morgan fingerprint density at radius 2 is 0.969 bits per heavy atom. The lowest BCUT2D eigenvalue weighted by Crippen LogP contribution is -2.25. The van der Waals surface area contributed by atoms with Crippen LogP contribution in [0.1, 0.15) is 52.7 Å². The first kappa shape index (κ1) is 30.1. The maximum Gasteiger partial charge on any atom is 0.525 e. The zero-order valence-electron chi connectivity index (χ0n) is 19.8. The lowest BCUT2D eigenvalue weighted by atomic mass is 9.85. The monoisotopic (exact) mass is 479 g/mol. The lowest BCUT2D eigenvalue weighted by Gasteiger charge is -2.20. The predicted molar refractivity (Wildman–Crippen MR) is 122 cm³/mol. The van der Waals surface area contributed by atoms with E-state index in [4.69, 9.17) is 5.11 Å². The summed E-state index contributed by atoms with van der Waals surface area (Å²) in [6.45, 7) is 13.5. The summed E-state index contributed by atoms with van der Waals surface area (Å²) in [4.78, 5) is 3.33. The highest BCUT2D eigenvalue weighted by Crippen LogP contribution is 2.28. The number of rotatable bonds is 3. The van der Waals surface area contributed by atoms with Gasteiger partial charge < -0.3 is 5.11 Å². The molecule has 0 saturated heterocycles. The highest BCUT2D eigenvalue weighted by Gasteiger charge is 2.48. The van der Waals surface area contributed by atoms with Crippen LogP contribution in [0.5, 0.6) is 0 Å². The van der Waals surface area contributed by atoms with Gasteiger partial charge in [0.05, 0.1) is 7.11 Å². The predicted octanol–water partition coefficient (Wildman–Crippen LogP) is 5.70. The van der Waals surface area contributed by atoms with Gasteiger partial charge in [-0.15, -0.1) is 4.33 Å². The topological polar surface area (TPSA) is 75.5 Å². The molecule has 0 aliphatic heterocycles. The average molecular weight is 480 g/mol. The van der Waals surface area contributed by atoms with Crippen LogP contribution in [-0.4, -0.2) is 33.3 Å². The van der Waals surface area contributed by atoms with Crippen LogP contribution >= 0.6 is 0 Å². The summed E-state index contributed by atoms with van der Waals surface area (Å²) in [5, 5.41) is 5.75. The van der Waals surface area contributed by atoms with Crippen molar-refractivity contribution in [1.82, 2.24) is 0 Å². The van der Waals surface area contributed by atoms with Gasteiger partial charge in [0.2, 0.25) is 0 Å². The molecule has 9 heteroatoms.